The van der Waals surface area contributed by atoms with Gasteiger partial charge in [0.1, 0.15) is 5.75 Å². The maximum Gasteiger partial charge on any atom is 0.166 e. The number of benzene rings is 1. The molecule has 100 valence electrons. The van der Waals surface area contributed by atoms with E-state index in [2.05, 4.69) is 10.3 Å². The van der Waals surface area contributed by atoms with E-state index in [-0.39, 0.29) is 11.6 Å². The van der Waals surface area contributed by atoms with E-state index < -0.39 is 0 Å². The molecule has 0 amide bonds. The van der Waals surface area contributed by atoms with Crippen LogP contribution in [0.4, 0.5) is 4.39 Å². The first-order chi connectivity index (χ1) is 9.20. The van der Waals surface area contributed by atoms with Gasteiger partial charge in [0.15, 0.2) is 11.6 Å². The summed E-state index contributed by atoms with van der Waals surface area (Å²) in [5, 5.41) is 3.15. The molecule has 0 aliphatic heterocycles. The van der Waals surface area contributed by atoms with Gasteiger partial charge in [-0.1, -0.05) is 13.0 Å². The zero-order valence-electron chi connectivity index (χ0n) is 11.1. The van der Waals surface area contributed by atoms with Gasteiger partial charge < -0.3 is 10.1 Å². The number of pyridine rings is 1. The van der Waals surface area contributed by atoms with Gasteiger partial charge >= 0.3 is 0 Å². The Morgan fingerprint density at radius 1 is 1.26 bits per heavy atom. The fourth-order valence-electron chi connectivity index (χ4n) is 1.70. The van der Waals surface area contributed by atoms with E-state index in [1.165, 1.54) is 6.07 Å². The highest BCUT2D eigenvalue weighted by molar-refractivity contribution is 5.35. The number of nitrogens with zero attached hydrogens (tertiary/aromatic N) is 1. The Bertz CT molecular complexity index is 558. The van der Waals surface area contributed by atoms with Crippen molar-refractivity contribution in [1.29, 1.82) is 0 Å². The average Bonchev–Trinajstić information content (AvgIpc) is 2.41. The summed E-state index contributed by atoms with van der Waals surface area (Å²) in [5.74, 6) is 0.427. The van der Waals surface area contributed by atoms with Crippen molar-refractivity contribution < 1.29 is 9.13 Å². The lowest BCUT2D eigenvalue weighted by molar-refractivity contribution is 0.436. The van der Waals surface area contributed by atoms with Gasteiger partial charge in [0.25, 0.3) is 0 Å². The van der Waals surface area contributed by atoms with Crippen LogP contribution in [0.1, 0.15) is 18.2 Å². The van der Waals surface area contributed by atoms with E-state index in [4.69, 9.17) is 4.74 Å². The molecule has 2 rings (SSSR count). The average molecular weight is 260 g/mol. The number of hydrogen-bond acceptors (Lipinski definition) is 3. The molecule has 0 saturated carbocycles. The normalized spacial score (nSPS) is 10.5. The summed E-state index contributed by atoms with van der Waals surface area (Å²) in [4.78, 5) is 4.11. The lowest BCUT2D eigenvalue weighted by Crippen LogP contribution is -2.11. The Hall–Kier alpha value is -1.94. The van der Waals surface area contributed by atoms with Gasteiger partial charge in [0, 0.05) is 12.7 Å². The van der Waals surface area contributed by atoms with Gasteiger partial charge in [-0.2, -0.15) is 0 Å². The quantitative estimate of drug-likeness (QED) is 0.894. The Kier molecular flexibility index (Phi) is 4.47. The standard InChI is InChI=1S/C15H17FN2O/c1-3-17-10-12-6-7-15(13(16)9-12)19-14-5-4-8-18-11(14)2/h4-9,17H,3,10H2,1-2H3. The Morgan fingerprint density at radius 3 is 2.79 bits per heavy atom. The van der Waals surface area contributed by atoms with Crippen molar-refractivity contribution in [2.45, 2.75) is 20.4 Å². The molecular formula is C15H17FN2O. The van der Waals surface area contributed by atoms with E-state index in [9.17, 15) is 4.39 Å². The van der Waals surface area contributed by atoms with Crippen LogP contribution in [0.3, 0.4) is 0 Å². The molecule has 2 aromatic rings. The first-order valence-corrected chi connectivity index (χ1v) is 6.29. The summed E-state index contributed by atoms with van der Waals surface area (Å²) in [7, 11) is 0. The highest BCUT2D eigenvalue weighted by atomic mass is 19.1. The largest absolute Gasteiger partial charge is 0.452 e. The van der Waals surface area contributed by atoms with Crippen molar-refractivity contribution in [3.63, 3.8) is 0 Å². The molecule has 0 fully saturated rings. The van der Waals surface area contributed by atoms with Crippen molar-refractivity contribution in [2.24, 2.45) is 0 Å². The minimum absolute atomic E-state index is 0.219. The molecule has 0 spiro atoms. The minimum Gasteiger partial charge on any atom is -0.452 e. The summed E-state index contributed by atoms with van der Waals surface area (Å²) in [6.07, 6.45) is 1.68. The van der Waals surface area contributed by atoms with Crippen LogP contribution in [-0.4, -0.2) is 11.5 Å². The van der Waals surface area contributed by atoms with E-state index in [1.807, 2.05) is 19.9 Å². The predicted octanol–water partition coefficient (Wildman–Crippen LogP) is 3.43. The molecule has 1 heterocycles. The lowest BCUT2D eigenvalue weighted by atomic mass is 10.2. The molecule has 1 aromatic carbocycles. The zero-order chi connectivity index (χ0) is 13.7. The second kappa shape index (κ2) is 6.29. The van der Waals surface area contributed by atoms with Gasteiger partial charge in [0.2, 0.25) is 0 Å². The summed E-state index contributed by atoms with van der Waals surface area (Å²) >= 11 is 0. The van der Waals surface area contributed by atoms with E-state index in [1.54, 1.807) is 24.4 Å². The monoisotopic (exact) mass is 260 g/mol. The number of aryl methyl sites for hydroxylation is 1. The van der Waals surface area contributed by atoms with Crippen LogP contribution >= 0.6 is 0 Å². The van der Waals surface area contributed by atoms with Crippen molar-refractivity contribution in [3.8, 4) is 11.5 Å². The summed E-state index contributed by atoms with van der Waals surface area (Å²) in [6.45, 7) is 5.35. The molecule has 3 nitrogen and oxygen atoms in total. The highest BCUT2D eigenvalue weighted by Gasteiger charge is 2.07. The summed E-state index contributed by atoms with van der Waals surface area (Å²) in [5.41, 5.74) is 1.63. The van der Waals surface area contributed by atoms with Gasteiger partial charge in [-0.15, -0.1) is 0 Å². The van der Waals surface area contributed by atoms with Crippen molar-refractivity contribution >= 4 is 0 Å². The maximum absolute atomic E-state index is 13.9. The van der Waals surface area contributed by atoms with Gasteiger partial charge in [-0.3, -0.25) is 4.98 Å². The number of ether oxygens (including phenoxy) is 1. The molecule has 0 radical (unpaired) electrons. The molecule has 19 heavy (non-hydrogen) atoms. The summed E-state index contributed by atoms with van der Waals surface area (Å²) < 4.78 is 19.5. The van der Waals surface area contributed by atoms with Crippen LogP contribution in [0.25, 0.3) is 0 Å². The Balaban J connectivity index is 2.15. The lowest BCUT2D eigenvalue weighted by Gasteiger charge is -2.10. The third-order valence-electron chi connectivity index (χ3n) is 2.75. The first-order valence-electron chi connectivity index (χ1n) is 6.29. The van der Waals surface area contributed by atoms with Gasteiger partial charge in [-0.05, 0) is 43.3 Å². The first kappa shape index (κ1) is 13.5. The second-order valence-electron chi connectivity index (χ2n) is 4.23. The fourth-order valence-corrected chi connectivity index (χ4v) is 1.70. The molecule has 1 N–H and O–H groups in total. The second-order valence-corrected chi connectivity index (χ2v) is 4.23. The smallest absolute Gasteiger partial charge is 0.166 e. The molecule has 0 aliphatic carbocycles. The van der Waals surface area contributed by atoms with Gasteiger partial charge in [-0.25, -0.2) is 4.39 Å². The van der Waals surface area contributed by atoms with Gasteiger partial charge in [0.05, 0.1) is 5.69 Å². The topological polar surface area (TPSA) is 34.1 Å². The fraction of sp³-hybridized carbons (Fsp3) is 0.267. The van der Waals surface area contributed by atoms with Crippen LogP contribution in [0, 0.1) is 12.7 Å². The summed E-state index contributed by atoms with van der Waals surface area (Å²) in [6, 6.07) is 8.53. The van der Waals surface area contributed by atoms with Crippen LogP contribution in [0.2, 0.25) is 0 Å². The third-order valence-corrected chi connectivity index (χ3v) is 2.75. The number of aromatic nitrogens is 1. The highest BCUT2D eigenvalue weighted by Crippen LogP contribution is 2.26. The van der Waals surface area contributed by atoms with Crippen molar-refractivity contribution in [1.82, 2.24) is 10.3 Å². The number of rotatable bonds is 5. The number of halogens is 1. The molecule has 0 unspecified atom stereocenters. The molecule has 4 heteroatoms. The number of hydrogen-bond donors (Lipinski definition) is 1. The maximum atomic E-state index is 13.9. The van der Waals surface area contributed by atoms with Crippen LogP contribution in [0.15, 0.2) is 36.5 Å². The minimum atomic E-state index is -0.362. The van der Waals surface area contributed by atoms with Crippen molar-refractivity contribution in [2.75, 3.05) is 6.54 Å². The predicted molar refractivity (Wildman–Crippen MR) is 72.8 cm³/mol. The van der Waals surface area contributed by atoms with E-state index >= 15 is 0 Å². The van der Waals surface area contributed by atoms with Crippen LogP contribution in [0.5, 0.6) is 11.5 Å². The number of nitrogens with one attached hydrogen (secondary N) is 1. The molecule has 0 bridgehead atoms. The third kappa shape index (κ3) is 3.51. The zero-order valence-corrected chi connectivity index (χ0v) is 11.1. The Labute approximate surface area is 112 Å². The van der Waals surface area contributed by atoms with E-state index in [0.29, 0.717) is 12.3 Å². The Morgan fingerprint density at radius 2 is 2.11 bits per heavy atom. The van der Waals surface area contributed by atoms with E-state index in [0.717, 1.165) is 17.8 Å². The SMILES string of the molecule is CCNCc1ccc(Oc2cccnc2C)c(F)c1. The molecule has 0 atom stereocenters. The van der Waals surface area contributed by atoms with Crippen LogP contribution < -0.4 is 10.1 Å². The molecule has 1 aromatic heterocycles. The van der Waals surface area contributed by atoms with Crippen molar-refractivity contribution in [3.05, 3.63) is 53.6 Å². The molecule has 0 aliphatic rings. The molecular weight excluding hydrogens is 243 g/mol. The molecule has 0 saturated heterocycles. The van der Waals surface area contributed by atoms with Crippen LogP contribution in [-0.2, 0) is 6.54 Å².